The summed E-state index contributed by atoms with van der Waals surface area (Å²) in [6, 6.07) is 4.63. The highest BCUT2D eigenvalue weighted by Crippen LogP contribution is 2.28. The van der Waals surface area contributed by atoms with Gasteiger partial charge in [0.05, 0.1) is 18.1 Å². The van der Waals surface area contributed by atoms with Crippen molar-refractivity contribution >= 4 is 26.0 Å². The van der Waals surface area contributed by atoms with Crippen LogP contribution in [0.2, 0.25) is 0 Å². The Kier molecular flexibility index (Phi) is 3.32. The van der Waals surface area contributed by atoms with Gasteiger partial charge in [-0.2, -0.15) is 0 Å². The van der Waals surface area contributed by atoms with Gasteiger partial charge in [-0.15, -0.1) is 0 Å². The quantitative estimate of drug-likeness (QED) is 0.888. The second-order valence-electron chi connectivity index (χ2n) is 3.34. The number of rotatable bonds is 2. The van der Waals surface area contributed by atoms with E-state index in [1.54, 1.807) is 6.07 Å². The first-order valence-electron chi connectivity index (χ1n) is 4.53. The van der Waals surface area contributed by atoms with Gasteiger partial charge in [0.15, 0.2) is 6.29 Å². The van der Waals surface area contributed by atoms with Gasteiger partial charge in [-0.25, -0.2) is 13.6 Å². The highest BCUT2D eigenvalue weighted by atomic mass is 79.9. The Hall–Kier alpha value is -0.470. The Morgan fingerprint density at radius 1 is 1.25 bits per heavy atom. The Labute approximate surface area is 102 Å². The Bertz CT molecular complexity index is 496. The van der Waals surface area contributed by atoms with E-state index in [0.717, 1.165) is 0 Å². The zero-order valence-corrected chi connectivity index (χ0v) is 10.6. The van der Waals surface area contributed by atoms with Crippen LogP contribution in [0.3, 0.4) is 0 Å². The van der Waals surface area contributed by atoms with Gasteiger partial charge in [-0.05, 0) is 18.2 Å². The van der Waals surface area contributed by atoms with E-state index in [-0.39, 0.29) is 4.90 Å². The first-order chi connectivity index (χ1) is 7.47. The largest absolute Gasteiger partial charge is 0.346 e. The van der Waals surface area contributed by atoms with Gasteiger partial charge in [0.25, 0.3) is 0 Å². The zero-order chi connectivity index (χ0) is 11.8. The number of nitrogens with two attached hydrogens (primary N) is 1. The maximum Gasteiger partial charge on any atom is 0.238 e. The van der Waals surface area contributed by atoms with Crippen LogP contribution >= 0.6 is 15.9 Å². The lowest BCUT2D eigenvalue weighted by atomic mass is 10.2. The van der Waals surface area contributed by atoms with Crippen molar-refractivity contribution in [3.8, 4) is 0 Å². The van der Waals surface area contributed by atoms with Gasteiger partial charge in [0.2, 0.25) is 10.0 Å². The number of hydrogen-bond donors (Lipinski definition) is 1. The van der Waals surface area contributed by atoms with E-state index >= 15 is 0 Å². The van der Waals surface area contributed by atoms with Gasteiger partial charge in [0.1, 0.15) is 0 Å². The van der Waals surface area contributed by atoms with Crippen molar-refractivity contribution in [3.05, 3.63) is 28.2 Å². The summed E-state index contributed by atoms with van der Waals surface area (Å²) in [5.41, 5.74) is 0.635. The molecule has 1 fully saturated rings. The molecule has 1 aliphatic heterocycles. The van der Waals surface area contributed by atoms with E-state index in [9.17, 15) is 8.42 Å². The minimum absolute atomic E-state index is 0.0379. The molecule has 7 heteroatoms. The third kappa shape index (κ3) is 2.61. The molecular weight excluding hydrogens is 298 g/mol. The lowest BCUT2D eigenvalue weighted by molar-refractivity contribution is -0.0442. The molecule has 0 saturated carbocycles. The summed E-state index contributed by atoms with van der Waals surface area (Å²) in [6.07, 6.45) is -0.516. The van der Waals surface area contributed by atoms with Crippen molar-refractivity contribution in [2.75, 3.05) is 13.2 Å². The van der Waals surface area contributed by atoms with Crippen LogP contribution in [0.25, 0.3) is 0 Å². The van der Waals surface area contributed by atoms with Crippen LogP contribution in [0.15, 0.2) is 27.6 Å². The number of primary sulfonamides is 1. The normalized spacial score (nSPS) is 17.9. The van der Waals surface area contributed by atoms with E-state index in [0.29, 0.717) is 23.2 Å². The lowest BCUT2D eigenvalue weighted by Gasteiger charge is -2.11. The first kappa shape index (κ1) is 12.0. The summed E-state index contributed by atoms with van der Waals surface area (Å²) in [7, 11) is -3.72. The van der Waals surface area contributed by atoms with Gasteiger partial charge in [-0.3, -0.25) is 0 Å². The van der Waals surface area contributed by atoms with E-state index in [2.05, 4.69) is 15.9 Å². The molecule has 5 nitrogen and oxygen atoms in total. The summed E-state index contributed by atoms with van der Waals surface area (Å²) < 4.78 is 33.6. The highest BCUT2D eigenvalue weighted by molar-refractivity contribution is 9.10. The second kappa shape index (κ2) is 4.42. The fraction of sp³-hybridized carbons (Fsp3) is 0.333. The van der Waals surface area contributed by atoms with Crippen LogP contribution in [0.1, 0.15) is 11.9 Å². The topological polar surface area (TPSA) is 78.6 Å². The molecule has 1 aromatic carbocycles. The number of halogens is 1. The Morgan fingerprint density at radius 2 is 1.88 bits per heavy atom. The molecule has 0 spiro atoms. The molecule has 0 amide bonds. The van der Waals surface area contributed by atoms with Crippen LogP contribution < -0.4 is 5.14 Å². The standard InChI is InChI=1S/C9H10BrNO4S/c10-7-3-6(9-14-1-2-15-9)4-8(5-7)16(11,12)13/h3-5,9H,1-2H2,(H2,11,12,13). The molecule has 2 N–H and O–H groups in total. The van der Waals surface area contributed by atoms with E-state index < -0.39 is 16.3 Å². The van der Waals surface area contributed by atoms with Crippen LogP contribution in [0.4, 0.5) is 0 Å². The molecule has 0 aromatic heterocycles. The molecule has 0 unspecified atom stereocenters. The molecule has 1 saturated heterocycles. The fourth-order valence-corrected chi connectivity index (χ4v) is 2.69. The molecule has 0 bridgehead atoms. The molecule has 1 aromatic rings. The minimum Gasteiger partial charge on any atom is -0.346 e. The second-order valence-corrected chi connectivity index (χ2v) is 5.82. The Balaban J connectivity index is 2.43. The maximum absolute atomic E-state index is 11.2. The van der Waals surface area contributed by atoms with Crippen LogP contribution in [-0.4, -0.2) is 21.6 Å². The average Bonchev–Trinajstić information content (AvgIpc) is 2.68. The predicted molar refractivity (Wildman–Crippen MR) is 60.2 cm³/mol. The van der Waals surface area contributed by atoms with E-state index in [1.165, 1.54) is 12.1 Å². The van der Waals surface area contributed by atoms with Crippen molar-refractivity contribution in [1.82, 2.24) is 0 Å². The monoisotopic (exact) mass is 307 g/mol. The maximum atomic E-state index is 11.2. The lowest BCUT2D eigenvalue weighted by Crippen LogP contribution is -2.13. The number of hydrogen-bond acceptors (Lipinski definition) is 4. The molecular formula is C9H10BrNO4S. The average molecular weight is 308 g/mol. The third-order valence-electron chi connectivity index (χ3n) is 2.12. The molecule has 1 heterocycles. The van der Waals surface area contributed by atoms with Crippen LogP contribution in [0.5, 0.6) is 0 Å². The highest BCUT2D eigenvalue weighted by Gasteiger charge is 2.21. The van der Waals surface area contributed by atoms with Gasteiger partial charge in [-0.1, -0.05) is 15.9 Å². The molecule has 0 aliphatic carbocycles. The smallest absolute Gasteiger partial charge is 0.238 e. The number of ether oxygens (including phenoxy) is 2. The molecule has 88 valence electrons. The van der Waals surface area contributed by atoms with Gasteiger partial charge < -0.3 is 9.47 Å². The number of benzene rings is 1. The van der Waals surface area contributed by atoms with Crippen molar-refractivity contribution in [3.63, 3.8) is 0 Å². The molecule has 1 aliphatic rings. The molecule has 16 heavy (non-hydrogen) atoms. The Morgan fingerprint density at radius 3 is 2.44 bits per heavy atom. The van der Waals surface area contributed by atoms with E-state index in [4.69, 9.17) is 14.6 Å². The molecule has 0 radical (unpaired) electrons. The fourth-order valence-electron chi connectivity index (χ4n) is 1.44. The van der Waals surface area contributed by atoms with Gasteiger partial charge >= 0.3 is 0 Å². The molecule has 0 atom stereocenters. The summed E-state index contributed by atoms with van der Waals surface area (Å²) in [6.45, 7) is 1.00. The third-order valence-corrected chi connectivity index (χ3v) is 3.47. The van der Waals surface area contributed by atoms with Crippen LogP contribution in [-0.2, 0) is 19.5 Å². The zero-order valence-electron chi connectivity index (χ0n) is 8.22. The van der Waals surface area contributed by atoms with E-state index in [1.807, 2.05) is 0 Å². The predicted octanol–water partition coefficient (Wildman–Crippen LogP) is 1.14. The SMILES string of the molecule is NS(=O)(=O)c1cc(Br)cc(C2OCCO2)c1. The minimum atomic E-state index is -3.72. The summed E-state index contributed by atoms with van der Waals surface area (Å²) in [5.74, 6) is 0. The van der Waals surface area contributed by atoms with Crippen molar-refractivity contribution in [2.45, 2.75) is 11.2 Å². The van der Waals surface area contributed by atoms with Crippen molar-refractivity contribution in [2.24, 2.45) is 5.14 Å². The van der Waals surface area contributed by atoms with Gasteiger partial charge in [0, 0.05) is 10.0 Å². The molecule has 2 rings (SSSR count). The van der Waals surface area contributed by atoms with Crippen LogP contribution in [0, 0.1) is 0 Å². The van der Waals surface area contributed by atoms with Crippen molar-refractivity contribution < 1.29 is 17.9 Å². The summed E-state index contributed by atoms with van der Waals surface area (Å²) in [5, 5.41) is 5.06. The number of sulfonamides is 1. The summed E-state index contributed by atoms with van der Waals surface area (Å²) in [4.78, 5) is 0.0379. The van der Waals surface area contributed by atoms with Crippen molar-refractivity contribution in [1.29, 1.82) is 0 Å². The summed E-state index contributed by atoms with van der Waals surface area (Å²) >= 11 is 3.22. The first-order valence-corrected chi connectivity index (χ1v) is 6.87.